The number of hydrogen-bond acceptors (Lipinski definition) is 2. The van der Waals surface area contributed by atoms with Crippen LogP contribution in [-0.4, -0.2) is 17.9 Å². The Balaban J connectivity index is 1.81. The molecule has 2 rings (SSSR count). The molecule has 0 radical (unpaired) electrons. The van der Waals surface area contributed by atoms with Crippen LogP contribution in [0.25, 0.3) is 0 Å². The standard InChI is InChI=1S/C15H23NO/c1-2-3-4-9-15(17)14-11-10-12-7-5-6-8-13(12)16-14/h12-14,16H,4-11H2,1H3. The van der Waals surface area contributed by atoms with Crippen molar-refractivity contribution < 1.29 is 4.79 Å². The van der Waals surface area contributed by atoms with Crippen molar-refractivity contribution in [3.63, 3.8) is 0 Å². The number of fused-ring (bicyclic) bond motifs is 1. The van der Waals surface area contributed by atoms with Gasteiger partial charge in [0.05, 0.1) is 6.04 Å². The Morgan fingerprint density at radius 1 is 1.24 bits per heavy atom. The van der Waals surface area contributed by atoms with E-state index in [0.717, 1.165) is 18.8 Å². The first-order chi connectivity index (χ1) is 8.31. The molecule has 0 bridgehead atoms. The Hall–Kier alpha value is -0.810. The summed E-state index contributed by atoms with van der Waals surface area (Å²) in [5, 5.41) is 3.58. The maximum Gasteiger partial charge on any atom is 0.150 e. The summed E-state index contributed by atoms with van der Waals surface area (Å²) in [5.41, 5.74) is 0. The molecule has 17 heavy (non-hydrogen) atoms. The predicted molar refractivity (Wildman–Crippen MR) is 69.6 cm³/mol. The topological polar surface area (TPSA) is 29.1 Å². The first-order valence-corrected chi connectivity index (χ1v) is 6.99. The molecule has 3 atom stereocenters. The van der Waals surface area contributed by atoms with Gasteiger partial charge in [0.1, 0.15) is 0 Å². The molecule has 1 saturated heterocycles. The highest BCUT2D eigenvalue weighted by atomic mass is 16.1. The molecule has 3 unspecified atom stereocenters. The second-order valence-corrected chi connectivity index (χ2v) is 5.34. The third-order valence-electron chi connectivity index (χ3n) is 4.21. The lowest BCUT2D eigenvalue weighted by Crippen LogP contribution is -2.51. The zero-order valence-corrected chi connectivity index (χ0v) is 10.8. The summed E-state index contributed by atoms with van der Waals surface area (Å²) in [7, 11) is 0. The van der Waals surface area contributed by atoms with E-state index in [2.05, 4.69) is 17.2 Å². The van der Waals surface area contributed by atoms with Crippen molar-refractivity contribution in [3.8, 4) is 11.8 Å². The Kier molecular flexibility index (Phi) is 4.62. The molecule has 1 N–H and O–H groups in total. The minimum Gasteiger partial charge on any atom is -0.304 e. The first kappa shape index (κ1) is 12.6. The lowest BCUT2D eigenvalue weighted by molar-refractivity contribution is -0.122. The minimum atomic E-state index is 0.119. The number of carbonyl (C=O) groups excluding carboxylic acids is 1. The quantitative estimate of drug-likeness (QED) is 0.759. The Labute approximate surface area is 105 Å². The molecule has 0 aromatic carbocycles. The van der Waals surface area contributed by atoms with Crippen LogP contribution in [0.2, 0.25) is 0 Å². The minimum absolute atomic E-state index is 0.119. The fraction of sp³-hybridized carbons (Fsp3) is 0.800. The Morgan fingerprint density at radius 2 is 2.06 bits per heavy atom. The van der Waals surface area contributed by atoms with Gasteiger partial charge in [-0.3, -0.25) is 4.79 Å². The molecule has 1 saturated carbocycles. The summed E-state index contributed by atoms with van der Waals surface area (Å²) in [6.07, 6.45) is 8.97. The van der Waals surface area contributed by atoms with Crippen LogP contribution >= 0.6 is 0 Å². The molecule has 0 aromatic rings. The number of Topliss-reactive ketones (excluding diaryl/α,β-unsaturated/α-hetero) is 1. The zero-order chi connectivity index (χ0) is 12.1. The van der Waals surface area contributed by atoms with Crippen molar-refractivity contribution >= 4 is 5.78 Å². The molecular weight excluding hydrogens is 210 g/mol. The Morgan fingerprint density at radius 3 is 2.88 bits per heavy atom. The van der Waals surface area contributed by atoms with Gasteiger partial charge in [-0.15, -0.1) is 11.8 Å². The summed E-state index contributed by atoms with van der Waals surface area (Å²) in [6.45, 7) is 1.83. The van der Waals surface area contributed by atoms with E-state index in [9.17, 15) is 4.79 Å². The number of piperidine rings is 1. The number of carbonyl (C=O) groups is 1. The number of nitrogens with one attached hydrogen (secondary N) is 1. The van der Waals surface area contributed by atoms with Gasteiger partial charge in [-0.1, -0.05) is 12.8 Å². The molecule has 0 aromatic heterocycles. The summed E-state index contributed by atoms with van der Waals surface area (Å²) >= 11 is 0. The molecule has 1 aliphatic heterocycles. The van der Waals surface area contributed by atoms with Crippen LogP contribution in [-0.2, 0) is 4.79 Å². The van der Waals surface area contributed by atoms with Gasteiger partial charge < -0.3 is 5.32 Å². The van der Waals surface area contributed by atoms with Gasteiger partial charge in [-0.25, -0.2) is 0 Å². The van der Waals surface area contributed by atoms with E-state index in [1.54, 1.807) is 0 Å². The summed E-state index contributed by atoms with van der Waals surface area (Å²) in [5.74, 6) is 7.03. The third kappa shape index (κ3) is 3.33. The molecule has 1 aliphatic carbocycles. The highest BCUT2D eigenvalue weighted by Crippen LogP contribution is 2.32. The molecule has 2 nitrogen and oxygen atoms in total. The Bertz CT molecular complexity index is 326. The van der Waals surface area contributed by atoms with Crippen molar-refractivity contribution in [3.05, 3.63) is 0 Å². The highest BCUT2D eigenvalue weighted by molar-refractivity contribution is 5.84. The van der Waals surface area contributed by atoms with Gasteiger partial charge in [0.15, 0.2) is 5.78 Å². The molecule has 1 heterocycles. The average Bonchev–Trinajstić information content (AvgIpc) is 2.38. The van der Waals surface area contributed by atoms with Crippen LogP contribution in [0, 0.1) is 17.8 Å². The second-order valence-electron chi connectivity index (χ2n) is 5.34. The number of hydrogen-bond donors (Lipinski definition) is 1. The first-order valence-electron chi connectivity index (χ1n) is 6.99. The maximum absolute atomic E-state index is 12.0. The molecule has 2 heteroatoms. The van der Waals surface area contributed by atoms with Crippen molar-refractivity contribution in [1.29, 1.82) is 0 Å². The third-order valence-corrected chi connectivity index (χ3v) is 4.21. The molecule has 2 fully saturated rings. The SMILES string of the molecule is CC#CCCC(=O)C1CCC2CCCCC2N1. The lowest BCUT2D eigenvalue weighted by atomic mass is 9.77. The van der Waals surface area contributed by atoms with E-state index >= 15 is 0 Å². The van der Waals surface area contributed by atoms with Gasteiger partial charge in [-0.05, 0) is 38.5 Å². The van der Waals surface area contributed by atoms with Gasteiger partial charge in [0.2, 0.25) is 0 Å². The smallest absolute Gasteiger partial charge is 0.150 e. The van der Waals surface area contributed by atoms with E-state index < -0.39 is 0 Å². The normalized spacial score (nSPS) is 32.2. The van der Waals surface area contributed by atoms with Crippen LogP contribution in [0.15, 0.2) is 0 Å². The fourth-order valence-corrected chi connectivity index (χ4v) is 3.23. The van der Waals surface area contributed by atoms with Crippen molar-refractivity contribution in [2.45, 2.75) is 70.4 Å². The van der Waals surface area contributed by atoms with Gasteiger partial charge in [-0.2, -0.15) is 0 Å². The average molecular weight is 233 g/mol. The zero-order valence-electron chi connectivity index (χ0n) is 10.8. The van der Waals surface area contributed by atoms with E-state index in [-0.39, 0.29) is 6.04 Å². The number of rotatable bonds is 3. The van der Waals surface area contributed by atoms with Crippen molar-refractivity contribution in [2.75, 3.05) is 0 Å². The van der Waals surface area contributed by atoms with Gasteiger partial charge in [0.25, 0.3) is 0 Å². The lowest BCUT2D eigenvalue weighted by Gasteiger charge is -2.40. The van der Waals surface area contributed by atoms with E-state index in [1.807, 2.05) is 6.92 Å². The second kappa shape index (κ2) is 6.21. The summed E-state index contributed by atoms with van der Waals surface area (Å²) in [6, 6.07) is 0.733. The van der Waals surface area contributed by atoms with Crippen LogP contribution in [0.5, 0.6) is 0 Å². The molecular formula is C15H23NO. The monoisotopic (exact) mass is 233 g/mol. The van der Waals surface area contributed by atoms with E-state index in [0.29, 0.717) is 18.2 Å². The molecule has 0 amide bonds. The molecule has 2 aliphatic rings. The van der Waals surface area contributed by atoms with Gasteiger partial charge in [0, 0.05) is 18.9 Å². The van der Waals surface area contributed by atoms with E-state index in [4.69, 9.17) is 0 Å². The molecule has 0 spiro atoms. The highest BCUT2D eigenvalue weighted by Gasteiger charge is 2.33. The van der Waals surface area contributed by atoms with Crippen LogP contribution in [0.1, 0.15) is 58.3 Å². The predicted octanol–water partition coefficient (Wildman–Crippen LogP) is 2.67. The maximum atomic E-state index is 12.0. The largest absolute Gasteiger partial charge is 0.304 e. The van der Waals surface area contributed by atoms with Crippen molar-refractivity contribution in [1.82, 2.24) is 5.32 Å². The molecule has 94 valence electrons. The van der Waals surface area contributed by atoms with Gasteiger partial charge >= 0.3 is 0 Å². The van der Waals surface area contributed by atoms with Crippen LogP contribution in [0.4, 0.5) is 0 Å². The number of ketones is 1. The van der Waals surface area contributed by atoms with Crippen molar-refractivity contribution in [2.24, 2.45) is 5.92 Å². The van der Waals surface area contributed by atoms with Crippen LogP contribution < -0.4 is 5.32 Å². The summed E-state index contributed by atoms with van der Waals surface area (Å²) in [4.78, 5) is 12.0. The van der Waals surface area contributed by atoms with Crippen LogP contribution in [0.3, 0.4) is 0 Å². The fourth-order valence-electron chi connectivity index (χ4n) is 3.23. The van der Waals surface area contributed by atoms with E-state index in [1.165, 1.54) is 32.1 Å². The summed E-state index contributed by atoms with van der Waals surface area (Å²) < 4.78 is 0.